The van der Waals surface area contributed by atoms with Crippen LogP contribution in [-0.2, 0) is 0 Å². The number of aryl methyl sites for hydroxylation is 1. The van der Waals surface area contributed by atoms with Gasteiger partial charge in [-0.2, -0.15) is 0 Å². The first-order chi connectivity index (χ1) is 5.36. The third-order valence-corrected chi connectivity index (χ3v) is 1.85. The maximum absolute atomic E-state index is 5.56. The molecule has 2 rings (SSSR count). The predicted molar refractivity (Wildman–Crippen MR) is 40.7 cm³/mol. The van der Waals surface area contributed by atoms with Crippen LogP contribution in [-0.4, -0.2) is 19.2 Å². The molecule has 0 spiro atoms. The SMILES string of the molecule is Cc1occc1OC1CNC1. The van der Waals surface area contributed by atoms with E-state index in [-0.39, 0.29) is 0 Å². The van der Waals surface area contributed by atoms with Gasteiger partial charge in [-0.1, -0.05) is 0 Å². The Morgan fingerprint density at radius 1 is 1.64 bits per heavy atom. The monoisotopic (exact) mass is 153 g/mol. The van der Waals surface area contributed by atoms with E-state index in [1.807, 2.05) is 13.0 Å². The second-order valence-electron chi connectivity index (χ2n) is 2.74. The molecule has 1 aromatic rings. The molecular weight excluding hydrogens is 142 g/mol. The lowest BCUT2D eigenvalue weighted by molar-refractivity contribution is 0.139. The summed E-state index contributed by atoms with van der Waals surface area (Å²) in [5, 5.41) is 3.14. The van der Waals surface area contributed by atoms with Crippen LogP contribution in [0.3, 0.4) is 0 Å². The van der Waals surface area contributed by atoms with Crippen LogP contribution in [0.25, 0.3) is 0 Å². The van der Waals surface area contributed by atoms with E-state index in [2.05, 4.69) is 5.32 Å². The Labute approximate surface area is 65.3 Å². The van der Waals surface area contributed by atoms with Crippen molar-refractivity contribution in [3.05, 3.63) is 18.1 Å². The minimum absolute atomic E-state index is 0.339. The van der Waals surface area contributed by atoms with E-state index in [1.165, 1.54) is 0 Å². The molecule has 1 fully saturated rings. The second-order valence-corrected chi connectivity index (χ2v) is 2.74. The van der Waals surface area contributed by atoms with Crippen molar-refractivity contribution in [2.24, 2.45) is 0 Å². The summed E-state index contributed by atoms with van der Waals surface area (Å²) in [6.45, 7) is 3.80. The summed E-state index contributed by atoms with van der Waals surface area (Å²) in [5.41, 5.74) is 0. The number of furan rings is 1. The fraction of sp³-hybridized carbons (Fsp3) is 0.500. The van der Waals surface area contributed by atoms with Crippen molar-refractivity contribution in [2.45, 2.75) is 13.0 Å². The highest BCUT2D eigenvalue weighted by Crippen LogP contribution is 2.20. The zero-order chi connectivity index (χ0) is 7.68. The van der Waals surface area contributed by atoms with Gasteiger partial charge in [-0.05, 0) is 6.92 Å². The zero-order valence-corrected chi connectivity index (χ0v) is 6.46. The van der Waals surface area contributed by atoms with Crippen LogP contribution in [0.15, 0.2) is 16.7 Å². The molecule has 0 bridgehead atoms. The molecule has 0 aromatic carbocycles. The fourth-order valence-corrected chi connectivity index (χ4v) is 1.02. The van der Waals surface area contributed by atoms with Gasteiger partial charge in [0, 0.05) is 19.2 Å². The van der Waals surface area contributed by atoms with Crippen LogP contribution in [0.5, 0.6) is 5.75 Å². The first kappa shape index (κ1) is 6.73. The highest BCUT2D eigenvalue weighted by atomic mass is 16.5. The first-order valence-corrected chi connectivity index (χ1v) is 3.78. The lowest BCUT2D eigenvalue weighted by Crippen LogP contribution is -2.50. The Morgan fingerprint density at radius 3 is 2.91 bits per heavy atom. The average Bonchev–Trinajstić information content (AvgIpc) is 2.27. The first-order valence-electron chi connectivity index (χ1n) is 3.78. The van der Waals surface area contributed by atoms with Gasteiger partial charge in [0.25, 0.3) is 0 Å². The molecule has 1 aliphatic rings. The molecule has 0 saturated carbocycles. The Bertz CT molecular complexity index is 240. The quantitative estimate of drug-likeness (QED) is 0.686. The predicted octanol–water partition coefficient (Wildman–Crippen LogP) is 0.939. The standard InChI is InChI=1S/C8H11NO2/c1-6-8(2-3-10-6)11-7-4-9-5-7/h2-3,7,9H,4-5H2,1H3. The topological polar surface area (TPSA) is 34.4 Å². The molecule has 0 unspecified atom stereocenters. The molecule has 1 saturated heterocycles. The van der Waals surface area contributed by atoms with Gasteiger partial charge in [-0.25, -0.2) is 0 Å². The molecule has 3 nitrogen and oxygen atoms in total. The summed E-state index contributed by atoms with van der Waals surface area (Å²) < 4.78 is 10.7. The van der Waals surface area contributed by atoms with Crippen LogP contribution < -0.4 is 10.1 Å². The average molecular weight is 153 g/mol. The van der Waals surface area contributed by atoms with Crippen LogP contribution >= 0.6 is 0 Å². The highest BCUT2D eigenvalue weighted by molar-refractivity contribution is 5.23. The Hall–Kier alpha value is -0.960. The molecule has 0 aliphatic carbocycles. The van der Waals surface area contributed by atoms with Gasteiger partial charge in [0.05, 0.1) is 6.26 Å². The molecule has 60 valence electrons. The van der Waals surface area contributed by atoms with E-state index in [0.29, 0.717) is 6.10 Å². The maximum atomic E-state index is 5.56. The summed E-state index contributed by atoms with van der Waals surface area (Å²) in [7, 11) is 0. The molecule has 0 radical (unpaired) electrons. The molecular formula is C8H11NO2. The molecule has 0 atom stereocenters. The van der Waals surface area contributed by atoms with E-state index < -0.39 is 0 Å². The smallest absolute Gasteiger partial charge is 0.160 e. The van der Waals surface area contributed by atoms with Gasteiger partial charge in [-0.3, -0.25) is 0 Å². The van der Waals surface area contributed by atoms with Gasteiger partial charge in [-0.15, -0.1) is 0 Å². The van der Waals surface area contributed by atoms with Crippen LogP contribution in [0.1, 0.15) is 5.76 Å². The van der Waals surface area contributed by atoms with Gasteiger partial charge in [0.15, 0.2) is 5.75 Å². The van der Waals surface area contributed by atoms with Crippen molar-refractivity contribution in [1.29, 1.82) is 0 Å². The van der Waals surface area contributed by atoms with E-state index in [9.17, 15) is 0 Å². The Balaban J connectivity index is 1.99. The number of rotatable bonds is 2. The summed E-state index contributed by atoms with van der Waals surface area (Å²) in [6.07, 6.45) is 1.99. The third-order valence-electron chi connectivity index (χ3n) is 1.85. The number of hydrogen-bond donors (Lipinski definition) is 1. The molecule has 1 aliphatic heterocycles. The highest BCUT2D eigenvalue weighted by Gasteiger charge is 2.19. The van der Waals surface area contributed by atoms with Crippen molar-refractivity contribution in [2.75, 3.05) is 13.1 Å². The molecule has 2 heterocycles. The van der Waals surface area contributed by atoms with Gasteiger partial charge < -0.3 is 14.5 Å². The van der Waals surface area contributed by atoms with Crippen LogP contribution in [0, 0.1) is 6.92 Å². The maximum Gasteiger partial charge on any atom is 0.160 e. The minimum atomic E-state index is 0.339. The van der Waals surface area contributed by atoms with Crippen molar-refractivity contribution in [3.63, 3.8) is 0 Å². The summed E-state index contributed by atoms with van der Waals surface area (Å²) in [5.74, 6) is 1.73. The van der Waals surface area contributed by atoms with Gasteiger partial charge >= 0.3 is 0 Å². The zero-order valence-electron chi connectivity index (χ0n) is 6.46. The van der Waals surface area contributed by atoms with Crippen molar-refractivity contribution in [3.8, 4) is 5.75 Å². The molecule has 11 heavy (non-hydrogen) atoms. The lowest BCUT2D eigenvalue weighted by atomic mass is 10.2. The molecule has 1 aromatic heterocycles. The van der Waals surface area contributed by atoms with E-state index in [4.69, 9.17) is 9.15 Å². The summed E-state index contributed by atoms with van der Waals surface area (Å²) in [6, 6.07) is 1.85. The van der Waals surface area contributed by atoms with Crippen LogP contribution in [0.4, 0.5) is 0 Å². The Kier molecular flexibility index (Phi) is 1.58. The number of ether oxygens (including phenoxy) is 1. The van der Waals surface area contributed by atoms with Crippen LogP contribution in [0.2, 0.25) is 0 Å². The fourth-order valence-electron chi connectivity index (χ4n) is 1.02. The van der Waals surface area contributed by atoms with Crippen molar-refractivity contribution >= 4 is 0 Å². The number of nitrogens with one attached hydrogen (secondary N) is 1. The van der Waals surface area contributed by atoms with E-state index in [0.717, 1.165) is 24.6 Å². The Morgan fingerprint density at radius 2 is 2.45 bits per heavy atom. The molecule has 3 heteroatoms. The second kappa shape index (κ2) is 2.58. The summed E-state index contributed by atoms with van der Waals surface area (Å²) in [4.78, 5) is 0. The third kappa shape index (κ3) is 1.24. The number of hydrogen-bond acceptors (Lipinski definition) is 3. The lowest BCUT2D eigenvalue weighted by Gasteiger charge is -2.27. The van der Waals surface area contributed by atoms with E-state index in [1.54, 1.807) is 6.26 Å². The van der Waals surface area contributed by atoms with Gasteiger partial charge in [0.2, 0.25) is 0 Å². The largest absolute Gasteiger partial charge is 0.484 e. The molecule has 1 N–H and O–H groups in total. The van der Waals surface area contributed by atoms with Gasteiger partial charge in [0.1, 0.15) is 11.9 Å². The van der Waals surface area contributed by atoms with Crippen molar-refractivity contribution in [1.82, 2.24) is 5.32 Å². The summed E-state index contributed by atoms with van der Waals surface area (Å²) >= 11 is 0. The van der Waals surface area contributed by atoms with Crippen molar-refractivity contribution < 1.29 is 9.15 Å². The normalized spacial score (nSPS) is 17.9. The molecule has 0 amide bonds. The minimum Gasteiger partial charge on any atom is -0.484 e. The van der Waals surface area contributed by atoms with E-state index >= 15 is 0 Å².